The first-order valence-electron chi connectivity index (χ1n) is 10.5. The van der Waals surface area contributed by atoms with Crippen molar-refractivity contribution in [1.82, 2.24) is 0 Å². The average molecular weight is 425 g/mol. The lowest BCUT2D eigenvalue weighted by molar-refractivity contribution is -0.150. The normalized spacial score (nSPS) is 23.2. The van der Waals surface area contributed by atoms with Crippen molar-refractivity contribution in [2.24, 2.45) is 0 Å². The fourth-order valence-corrected chi connectivity index (χ4v) is 4.36. The van der Waals surface area contributed by atoms with Crippen LogP contribution in [0.4, 0.5) is 0 Å². The van der Waals surface area contributed by atoms with Crippen LogP contribution >= 0.6 is 0 Å². The number of ether oxygens (including phenoxy) is 4. The lowest BCUT2D eigenvalue weighted by atomic mass is 10.0. The van der Waals surface area contributed by atoms with Crippen molar-refractivity contribution in [3.63, 3.8) is 0 Å². The summed E-state index contributed by atoms with van der Waals surface area (Å²) in [6.45, 7) is 15.8. The van der Waals surface area contributed by atoms with Gasteiger partial charge in [0.05, 0.1) is 25.9 Å². The second kappa shape index (κ2) is 9.48. The first-order valence-corrected chi connectivity index (χ1v) is 13.4. The fourth-order valence-electron chi connectivity index (χ4n) is 3.34. The summed E-state index contributed by atoms with van der Waals surface area (Å²) in [5.41, 5.74) is 1.18. The minimum atomic E-state index is -1.85. The molecule has 1 heterocycles. The van der Waals surface area contributed by atoms with E-state index in [1.54, 1.807) is 14.2 Å². The van der Waals surface area contributed by atoms with Crippen molar-refractivity contribution in [2.45, 2.75) is 89.7 Å². The van der Waals surface area contributed by atoms with Crippen LogP contribution in [0.1, 0.15) is 46.6 Å². The second-order valence-corrected chi connectivity index (χ2v) is 14.7. The lowest BCUT2D eigenvalue weighted by Gasteiger charge is -2.37. The quantitative estimate of drug-likeness (QED) is 0.511. The summed E-state index contributed by atoms with van der Waals surface area (Å²) in [5.74, 6) is 0.250. The number of methoxy groups -OCH3 is 2. The van der Waals surface area contributed by atoms with Gasteiger partial charge in [0, 0.05) is 13.5 Å². The zero-order valence-electron chi connectivity index (χ0n) is 19.7. The zero-order valence-corrected chi connectivity index (χ0v) is 20.7. The molecular weight excluding hydrogens is 384 g/mol. The molecule has 6 heteroatoms. The molecule has 1 fully saturated rings. The van der Waals surface area contributed by atoms with Crippen LogP contribution in [0.2, 0.25) is 18.1 Å². The van der Waals surface area contributed by atoms with Gasteiger partial charge in [-0.3, -0.25) is 0 Å². The van der Waals surface area contributed by atoms with E-state index in [1.807, 2.05) is 26.0 Å². The summed E-state index contributed by atoms with van der Waals surface area (Å²) in [5, 5.41) is 0.166. The van der Waals surface area contributed by atoms with Crippen molar-refractivity contribution in [1.29, 1.82) is 0 Å². The molecule has 0 radical (unpaired) electrons. The van der Waals surface area contributed by atoms with Crippen molar-refractivity contribution in [3.8, 4) is 5.75 Å². The van der Waals surface area contributed by atoms with Gasteiger partial charge in [-0.2, -0.15) is 0 Å². The van der Waals surface area contributed by atoms with Crippen LogP contribution < -0.4 is 4.74 Å². The van der Waals surface area contributed by atoms with Crippen molar-refractivity contribution < 1.29 is 23.4 Å². The molecule has 0 spiro atoms. The molecule has 2 rings (SSSR count). The highest BCUT2D eigenvalue weighted by molar-refractivity contribution is 6.74. The molecule has 0 aliphatic carbocycles. The minimum absolute atomic E-state index is 0.0278. The van der Waals surface area contributed by atoms with Gasteiger partial charge in [-0.05, 0) is 56.1 Å². The standard InChI is InChI=1S/C23H40O5Si/c1-22(2,3)29(8,9)26-16-21-20(27-23(4,5)28-21)15-19(25-7)14-17-11-10-12-18(13-17)24-6/h10-13,19-21H,14-16H2,1-9H3/t19-,20+,21+/m0/s1. The smallest absolute Gasteiger partial charge is 0.192 e. The third-order valence-electron chi connectivity index (χ3n) is 6.13. The maximum Gasteiger partial charge on any atom is 0.192 e. The van der Waals surface area contributed by atoms with Gasteiger partial charge in [0.25, 0.3) is 0 Å². The molecular formula is C23H40O5Si. The number of benzene rings is 1. The summed E-state index contributed by atoms with van der Waals surface area (Å²) >= 11 is 0. The topological polar surface area (TPSA) is 46.2 Å². The molecule has 1 aliphatic rings. The van der Waals surface area contributed by atoms with Gasteiger partial charge in [-0.25, -0.2) is 0 Å². The Morgan fingerprint density at radius 3 is 2.34 bits per heavy atom. The van der Waals surface area contributed by atoms with E-state index in [9.17, 15) is 0 Å². The highest BCUT2D eigenvalue weighted by Gasteiger charge is 2.44. The molecule has 0 saturated carbocycles. The van der Waals surface area contributed by atoms with E-state index in [4.69, 9.17) is 23.4 Å². The first-order chi connectivity index (χ1) is 13.4. The van der Waals surface area contributed by atoms with Gasteiger partial charge < -0.3 is 23.4 Å². The summed E-state index contributed by atoms with van der Waals surface area (Å²) in [4.78, 5) is 0. The van der Waals surface area contributed by atoms with E-state index in [2.05, 4.69) is 46.0 Å². The number of hydrogen-bond donors (Lipinski definition) is 0. The summed E-state index contributed by atoms with van der Waals surface area (Å²) in [6, 6.07) is 8.12. The summed E-state index contributed by atoms with van der Waals surface area (Å²) in [7, 11) is 1.59. The van der Waals surface area contributed by atoms with E-state index in [-0.39, 0.29) is 23.4 Å². The van der Waals surface area contributed by atoms with E-state index < -0.39 is 14.1 Å². The third-order valence-corrected chi connectivity index (χ3v) is 10.6. The predicted molar refractivity (Wildman–Crippen MR) is 119 cm³/mol. The Morgan fingerprint density at radius 2 is 1.76 bits per heavy atom. The largest absolute Gasteiger partial charge is 0.497 e. The SMILES string of the molecule is COc1cccc(C[C@@H](C[C@H]2OC(C)(C)O[C@@H]2CO[Si](C)(C)C(C)(C)C)OC)c1. The van der Waals surface area contributed by atoms with Crippen LogP contribution in [0.15, 0.2) is 24.3 Å². The second-order valence-electron chi connectivity index (χ2n) is 9.93. The van der Waals surface area contributed by atoms with Crippen LogP contribution in [0.3, 0.4) is 0 Å². The summed E-state index contributed by atoms with van der Waals surface area (Å²) < 4.78 is 30.0. The van der Waals surface area contributed by atoms with Crippen LogP contribution in [0.5, 0.6) is 5.75 Å². The third kappa shape index (κ3) is 6.79. The molecule has 29 heavy (non-hydrogen) atoms. The molecule has 0 bridgehead atoms. The maximum atomic E-state index is 6.44. The first kappa shape index (κ1) is 24.3. The molecule has 166 valence electrons. The number of hydrogen-bond acceptors (Lipinski definition) is 5. The van der Waals surface area contributed by atoms with Crippen molar-refractivity contribution in [3.05, 3.63) is 29.8 Å². The Balaban J connectivity index is 2.04. The van der Waals surface area contributed by atoms with E-state index in [0.29, 0.717) is 6.61 Å². The monoisotopic (exact) mass is 424 g/mol. The van der Waals surface area contributed by atoms with Crippen LogP contribution in [-0.4, -0.2) is 53.2 Å². The van der Waals surface area contributed by atoms with Gasteiger partial charge in [0.1, 0.15) is 11.9 Å². The molecule has 0 N–H and O–H groups in total. The molecule has 1 aromatic carbocycles. The Kier molecular flexibility index (Phi) is 7.96. The molecule has 0 unspecified atom stereocenters. The minimum Gasteiger partial charge on any atom is -0.497 e. The molecule has 1 aromatic rings. The Bertz CT molecular complexity index is 653. The van der Waals surface area contributed by atoms with Gasteiger partial charge in [0.2, 0.25) is 0 Å². The van der Waals surface area contributed by atoms with E-state index in [0.717, 1.165) is 18.6 Å². The van der Waals surface area contributed by atoms with Gasteiger partial charge in [0.15, 0.2) is 14.1 Å². The highest BCUT2D eigenvalue weighted by Crippen LogP contribution is 2.38. The molecule has 1 aliphatic heterocycles. The Morgan fingerprint density at radius 1 is 1.10 bits per heavy atom. The average Bonchev–Trinajstić information content (AvgIpc) is 2.92. The Labute approximate surface area is 178 Å². The van der Waals surface area contributed by atoms with Crippen molar-refractivity contribution >= 4 is 8.32 Å². The van der Waals surface area contributed by atoms with Gasteiger partial charge >= 0.3 is 0 Å². The van der Waals surface area contributed by atoms with Crippen LogP contribution in [0.25, 0.3) is 0 Å². The molecule has 0 amide bonds. The van der Waals surface area contributed by atoms with E-state index in [1.165, 1.54) is 5.56 Å². The fraction of sp³-hybridized carbons (Fsp3) is 0.739. The molecule has 1 saturated heterocycles. The summed E-state index contributed by atoms with van der Waals surface area (Å²) in [6.07, 6.45) is 1.42. The lowest BCUT2D eigenvalue weighted by Crippen LogP contribution is -2.44. The van der Waals surface area contributed by atoms with Gasteiger partial charge in [-0.1, -0.05) is 32.9 Å². The molecule has 0 aromatic heterocycles. The molecule has 3 atom stereocenters. The van der Waals surface area contributed by atoms with Gasteiger partial charge in [-0.15, -0.1) is 0 Å². The maximum absolute atomic E-state index is 6.44. The van der Waals surface area contributed by atoms with E-state index >= 15 is 0 Å². The Hall–Kier alpha value is -0.923. The predicted octanol–water partition coefficient (Wildman–Crippen LogP) is 5.18. The van der Waals surface area contributed by atoms with Crippen molar-refractivity contribution in [2.75, 3.05) is 20.8 Å². The molecule has 5 nitrogen and oxygen atoms in total. The zero-order chi connectivity index (χ0) is 21.9. The number of rotatable bonds is 9. The van der Waals surface area contributed by atoms with Crippen LogP contribution in [-0.2, 0) is 25.1 Å². The van der Waals surface area contributed by atoms with Crippen LogP contribution in [0, 0.1) is 0 Å². The highest BCUT2D eigenvalue weighted by atomic mass is 28.4.